The van der Waals surface area contributed by atoms with Gasteiger partial charge in [0.15, 0.2) is 10.8 Å². The number of azo groups is 1. The van der Waals surface area contributed by atoms with E-state index in [4.69, 9.17) is 18.0 Å². The molecular weight excluding hydrogens is 356 g/mol. The molecule has 0 saturated carbocycles. The number of H-pyrrole nitrogens is 1. The van der Waals surface area contributed by atoms with Crippen molar-refractivity contribution in [1.82, 2.24) is 9.78 Å². The number of benzene rings is 2. The molecule has 0 atom stereocenters. The fraction of sp³-hybridized carbons (Fsp3) is 0. The van der Waals surface area contributed by atoms with E-state index in [2.05, 4.69) is 15.3 Å². The fourth-order valence-corrected chi connectivity index (χ4v) is 2.36. The molecule has 0 radical (unpaired) electrons. The Kier molecular flexibility index (Phi) is 4.67. The maximum Gasteiger partial charge on any atom is 0.301 e. The predicted molar refractivity (Wildman–Crippen MR) is 99.9 cm³/mol. The van der Waals surface area contributed by atoms with Crippen LogP contribution in [0.25, 0.3) is 11.3 Å². The summed E-state index contributed by atoms with van der Waals surface area (Å²) in [6.45, 7) is 0. The highest BCUT2D eigenvalue weighted by atomic mass is 32.1. The van der Waals surface area contributed by atoms with E-state index in [1.807, 2.05) is 6.07 Å². The first-order valence-electron chi connectivity index (χ1n) is 7.34. The van der Waals surface area contributed by atoms with Gasteiger partial charge in [-0.3, -0.25) is 20.0 Å². The highest BCUT2D eigenvalue weighted by molar-refractivity contribution is 7.80. The number of non-ortho nitro benzene ring substituents is 1. The molecular formula is C16H12N6O3S. The van der Waals surface area contributed by atoms with Gasteiger partial charge < -0.3 is 5.73 Å². The van der Waals surface area contributed by atoms with Crippen LogP contribution in [0.3, 0.4) is 0 Å². The molecule has 0 bridgehead atoms. The van der Waals surface area contributed by atoms with E-state index in [1.54, 1.807) is 24.3 Å². The van der Waals surface area contributed by atoms with E-state index < -0.39 is 10.5 Å². The summed E-state index contributed by atoms with van der Waals surface area (Å²) in [7, 11) is 0. The molecule has 130 valence electrons. The number of nitrogens with two attached hydrogens (primary N) is 1. The lowest BCUT2D eigenvalue weighted by atomic mass is 10.1. The number of aromatic nitrogens is 2. The van der Waals surface area contributed by atoms with Crippen LogP contribution in [0.15, 0.2) is 69.6 Å². The lowest BCUT2D eigenvalue weighted by Gasteiger charge is -1.99. The lowest BCUT2D eigenvalue weighted by Crippen LogP contribution is -2.29. The maximum absolute atomic E-state index is 12.5. The third-order valence-electron chi connectivity index (χ3n) is 3.47. The van der Waals surface area contributed by atoms with Crippen LogP contribution in [0, 0.1) is 10.1 Å². The summed E-state index contributed by atoms with van der Waals surface area (Å²) >= 11 is 4.85. The van der Waals surface area contributed by atoms with Crippen LogP contribution < -0.4 is 11.3 Å². The molecule has 0 fully saturated rings. The molecule has 1 aromatic heterocycles. The second kappa shape index (κ2) is 7.07. The van der Waals surface area contributed by atoms with Crippen LogP contribution in [0.2, 0.25) is 0 Å². The van der Waals surface area contributed by atoms with E-state index in [9.17, 15) is 14.9 Å². The Balaban J connectivity index is 2.10. The zero-order valence-corrected chi connectivity index (χ0v) is 14.0. The zero-order valence-electron chi connectivity index (χ0n) is 13.2. The Labute approximate surface area is 151 Å². The number of hydrogen-bond donors (Lipinski definition) is 2. The van der Waals surface area contributed by atoms with Gasteiger partial charge in [-0.05, 0) is 36.5 Å². The summed E-state index contributed by atoms with van der Waals surface area (Å²) in [6, 6.07) is 14.5. The molecule has 0 aliphatic rings. The second-order valence-electron chi connectivity index (χ2n) is 5.15. The van der Waals surface area contributed by atoms with Crippen molar-refractivity contribution in [2.24, 2.45) is 16.0 Å². The average Bonchev–Trinajstić information content (AvgIpc) is 2.97. The first-order chi connectivity index (χ1) is 12.5. The van der Waals surface area contributed by atoms with Gasteiger partial charge in [0, 0.05) is 17.7 Å². The SMILES string of the molecule is NC(=S)n1[nH]c(-c2ccc([N+](=O)[O-])cc2)c(N=Nc2ccccc2)c1=O. The van der Waals surface area contributed by atoms with Crippen molar-refractivity contribution in [3.05, 3.63) is 75.1 Å². The first-order valence-corrected chi connectivity index (χ1v) is 7.74. The van der Waals surface area contributed by atoms with E-state index in [-0.39, 0.29) is 16.5 Å². The minimum atomic E-state index is -0.564. The zero-order chi connectivity index (χ0) is 18.7. The summed E-state index contributed by atoms with van der Waals surface area (Å²) in [5, 5.41) is 21.4. The normalized spacial score (nSPS) is 10.9. The third-order valence-corrected chi connectivity index (χ3v) is 3.66. The van der Waals surface area contributed by atoms with Gasteiger partial charge in [-0.1, -0.05) is 18.2 Å². The topological polar surface area (TPSA) is 132 Å². The van der Waals surface area contributed by atoms with Gasteiger partial charge in [0.2, 0.25) is 0 Å². The van der Waals surface area contributed by atoms with E-state index >= 15 is 0 Å². The molecule has 2 aromatic carbocycles. The Morgan fingerprint density at radius 3 is 2.35 bits per heavy atom. The van der Waals surface area contributed by atoms with E-state index in [0.717, 1.165) is 4.68 Å². The molecule has 3 N–H and O–H groups in total. The van der Waals surface area contributed by atoms with Crippen molar-refractivity contribution in [1.29, 1.82) is 0 Å². The van der Waals surface area contributed by atoms with Crippen molar-refractivity contribution < 1.29 is 4.92 Å². The average molecular weight is 368 g/mol. The van der Waals surface area contributed by atoms with Crippen LogP contribution in [-0.2, 0) is 0 Å². The van der Waals surface area contributed by atoms with E-state index in [1.165, 1.54) is 24.3 Å². The molecule has 3 aromatic rings. The predicted octanol–water partition coefficient (Wildman–Crippen LogP) is 3.26. The number of nitrogens with one attached hydrogen (secondary N) is 1. The molecule has 0 unspecified atom stereocenters. The van der Waals surface area contributed by atoms with Crippen molar-refractivity contribution in [2.75, 3.05) is 0 Å². The Morgan fingerprint density at radius 1 is 1.12 bits per heavy atom. The molecule has 26 heavy (non-hydrogen) atoms. The van der Waals surface area contributed by atoms with Crippen LogP contribution >= 0.6 is 12.2 Å². The molecule has 0 aliphatic carbocycles. The lowest BCUT2D eigenvalue weighted by molar-refractivity contribution is -0.384. The summed E-state index contributed by atoms with van der Waals surface area (Å²) in [4.78, 5) is 22.8. The largest absolute Gasteiger partial charge is 0.374 e. The van der Waals surface area contributed by atoms with Crippen molar-refractivity contribution in [3.8, 4) is 11.3 Å². The highest BCUT2D eigenvalue weighted by Crippen LogP contribution is 2.28. The summed E-state index contributed by atoms with van der Waals surface area (Å²) < 4.78 is 0.964. The van der Waals surface area contributed by atoms with Gasteiger partial charge >= 0.3 is 5.56 Å². The highest BCUT2D eigenvalue weighted by Gasteiger charge is 2.18. The van der Waals surface area contributed by atoms with Crippen LogP contribution in [0.1, 0.15) is 0 Å². The minimum Gasteiger partial charge on any atom is -0.374 e. The van der Waals surface area contributed by atoms with Gasteiger partial charge in [-0.15, -0.1) is 5.11 Å². The summed E-state index contributed by atoms with van der Waals surface area (Å²) in [6.07, 6.45) is 0. The van der Waals surface area contributed by atoms with Crippen LogP contribution in [0.5, 0.6) is 0 Å². The van der Waals surface area contributed by atoms with Crippen molar-refractivity contribution in [3.63, 3.8) is 0 Å². The maximum atomic E-state index is 12.5. The van der Waals surface area contributed by atoms with Gasteiger partial charge in [0.1, 0.15) is 0 Å². The number of nitro groups is 1. The number of aromatic amines is 1. The number of hydrogen-bond acceptors (Lipinski definition) is 6. The summed E-state index contributed by atoms with van der Waals surface area (Å²) in [5.41, 5.74) is 6.27. The van der Waals surface area contributed by atoms with Crippen molar-refractivity contribution >= 4 is 34.4 Å². The second-order valence-corrected chi connectivity index (χ2v) is 5.57. The van der Waals surface area contributed by atoms with Crippen molar-refractivity contribution in [2.45, 2.75) is 0 Å². The van der Waals surface area contributed by atoms with Gasteiger partial charge in [-0.25, -0.2) is 0 Å². The fourth-order valence-electron chi connectivity index (χ4n) is 2.23. The molecule has 0 amide bonds. The molecule has 10 heteroatoms. The standard InChI is InChI=1S/C16H12N6O3S/c17-16(26)21-15(23)14(19-18-11-4-2-1-3-5-11)13(20-21)10-6-8-12(9-7-10)22(24)25/h1-9,20H,(H2,17,26). The van der Waals surface area contributed by atoms with Crippen LogP contribution in [-0.4, -0.2) is 19.8 Å². The number of rotatable bonds is 4. The molecule has 9 nitrogen and oxygen atoms in total. The number of thiocarbonyl (C=S) groups is 1. The Morgan fingerprint density at radius 2 is 1.77 bits per heavy atom. The quantitative estimate of drug-likeness (QED) is 0.316. The Hall–Kier alpha value is -3.66. The minimum absolute atomic E-state index is 0.00416. The monoisotopic (exact) mass is 368 g/mol. The first kappa shape index (κ1) is 17.2. The van der Waals surface area contributed by atoms with Gasteiger partial charge in [-0.2, -0.15) is 9.80 Å². The smallest absolute Gasteiger partial charge is 0.301 e. The van der Waals surface area contributed by atoms with Gasteiger partial charge in [0.25, 0.3) is 5.69 Å². The molecule has 0 saturated heterocycles. The van der Waals surface area contributed by atoms with Gasteiger partial charge in [0.05, 0.1) is 16.3 Å². The Bertz CT molecular complexity index is 1050. The molecule has 0 spiro atoms. The summed E-state index contributed by atoms with van der Waals surface area (Å²) in [5.74, 6) is 0. The molecule has 1 heterocycles. The number of nitro benzene ring substituents is 1. The third kappa shape index (κ3) is 3.39. The van der Waals surface area contributed by atoms with Crippen LogP contribution in [0.4, 0.5) is 17.1 Å². The number of nitrogens with zero attached hydrogens (tertiary/aromatic N) is 4. The molecule has 3 rings (SSSR count). The van der Waals surface area contributed by atoms with E-state index in [0.29, 0.717) is 16.9 Å². The molecule has 0 aliphatic heterocycles.